The molecule has 0 aliphatic rings. The largest absolute Gasteiger partial charge is 0.496 e. The van der Waals surface area contributed by atoms with Crippen LogP contribution in [0.4, 0.5) is 5.95 Å². The number of aromatic amines is 1. The maximum absolute atomic E-state index is 5.53. The fourth-order valence-corrected chi connectivity index (χ4v) is 3.06. The molecular weight excluding hydrogens is 328 g/mol. The predicted octanol–water partition coefficient (Wildman–Crippen LogP) is 5.02. The van der Waals surface area contributed by atoms with E-state index in [4.69, 9.17) is 9.47 Å². The first-order valence-corrected chi connectivity index (χ1v) is 8.25. The molecule has 0 amide bonds. The number of hydrogen-bond acceptors (Lipinski definition) is 5. The van der Waals surface area contributed by atoms with Crippen LogP contribution in [0.3, 0.4) is 0 Å². The lowest BCUT2D eigenvalue weighted by Gasteiger charge is -2.12. The van der Waals surface area contributed by atoms with Crippen molar-refractivity contribution in [3.8, 4) is 11.5 Å². The molecule has 0 bridgehead atoms. The molecule has 0 fully saturated rings. The number of methoxy groups -OCH3 is 2. The molecule has 4 aromatic rings. The summed E-state index contributed by atoms with van der Waals surface area (Å²) >= 11 is 0. The number of hydrogen-bond donors (Lipinski definition) is 1. The molecule has 3 aromatic carbocycles. The molecule has 130 valence electrons. The Bertz CT molecular complexity index is 1070. The number of azo groups is 1. The molecule has 0 unspecified atom stereocenters. The van der Waals surface area contributed by atoms with Crippen LogP contribution in [0.25, 0.3) is 21.8 Å². The minimum absolute atomic E-state index is 0.415. The normalized spacial score (nSPS) is 11.5. The summed E-state index contributed by atoms with van der Waals surface area (Å²) in [6.07, 6.45) is 0. The highest BCUT2D eigenvalue weighted by molar-refractivity contribution is 5.95. The first-order chi connectivity index (χ1) is 12.8. The second-order valence-corrected chi connectivity index (χ2v) is 5.79. The van der Waals surface area contributed by atoms with Gasteiger partial charge in [-0.05, 0) is 29.8 Å². The SMILES string of the molecule is COc1ccc(CN=Nc2nc3ccccc3[nH]2)c2c(OC)cccc12. The zero-order valence-corrected chi connectivity index (χ0v) is 14.6. The molecule has 1 aromatic heterocycles. The van der Waals surface area contributed by atoms with Crippen LogP contribution in [-0.4, -0.2) is 24.2 Å². The Morgan fingerprint density at radius 3 is 2.58 bits per heavy atom. The quantitative estimate of drug-likeness (QED) is 0.516. The lowest BCUT2D eigenvalue weighted by atomic mass is 10.0. The van der Waals surface area contributed by atoms with Crippen molar-refractivity contribution in [2.24, 2.45) is 10.2 Å². The van der Waals surface area contributed by atoms with Gasteiger partial charge in [-0.2, -0.15) is 5.11 Å². The second-order valence-electron chi connectivity index (χ2n) is 5.79. The molecule has 26 heavy (non-hydrogen) atoms. The van der Waals surface area contributed by atoms with Crippen LogP contribution in [0.2, 0.25) is 0 Å². The standard InChI is InChI=1S/C20H18N4O2/c1-25-17-11-10-13(19-14(17)6-5-9-18(19)26-2)12-21-24-20-22-15-7-3-4-8-16(15)23-20/h3-11H,12H2,1-2H3,(H,22,23). The van der Waals surface area contributed by atoms with Crippen LogP contribution in [0.1, 0.15) is 5.56 Å². The van der Waals surface area contributed by atoms with Crippen molar-refractivity contribution in [2.45, 2.75) is 6.54 Å². The summed E-state index contributed by atoms with van der Waals surface area (Å²) in [5.74, 6) is 2.09. The lowest BCUT2D eigenvalue weighted by Crippen LogP contribution is -1.93. The number of fused-ring (bicyclic) bond motifs is 2. The number of H-pyrrole nitrogens is 1. The van der Waals surface area contributed by atoms with Gasteiger partial charge in [0.2, 0.25) is 5.95 Å². The van der Waals surface area contributed by atoms with Gasteiger partial charge in [-0.1, -0.05) is 30.3 Å². The van der Waals surface area contributed by atoms with Crippen molar-refractivity contribution in [1.29, 1.82) is 0 Å². The second kappa shape index (κ2) is 6.84. The number of ether oxygens (including phenoxy) is 2. The maximum Gasteiger partial charge on any atom is 0.247 e. The Labute approximate surface area is 150 Å². The van der Waals surface area contributed by atoms with Crippen molar-refractivity contribution in [1.82, 2.24) is 9.97 Å². The highest BCUT2D eigenvalue weighted by Crippen LogP contribution is 2.35. The van der Waals surface area contributed by atoms with Gasteiger partial charge in [0.25, 0.3) is 0 Å². The van der Waals surface area contributed by atoms with E-state index in [1.807, 2.05) is 54.6 Å². The number of aromatic nitrogens is 2. The molecule has 1 N–H and O–H groups in total. The molecule has 0 atom stereocenters. The van der Waals surface area contributed by atoms with Crippen LogP contribution in [-0.2, 0) is 6.54 Å². The molecule has 0 saturated carbocycles. The smallest absolute Gasteiger partial charge is 0.247 e. The van der Waals surface area contributed by atoms with E-state index < -0.39 is 0 Å². The Kier molecular flexibility index (Phi) is 4.23. The Hall–Kier alpha value is -3.41. The van der Waals surface area contributed by atoms with Gasteiger partial charge < -0.3 is 14.5 Å². The molecule has 4 rings (SSSR count). The maximum atomic E-state index is 5.53. The van der Waals surface area contributed by atoms with Gasteiger partial charge >= 0.3 is 0 Å². The minimum Gasteiger partial charge on any atom is -0.496 e. The Morgan fingerprint density at radius 2 is 1.77 bits per heavy atom. The highest BCUT2D eigenvalue weighted by atomic mass is 16.5. The summed E-state index contributed by atoms with van der Waals surface area (Å²) in [5, 5.41) is 10.5. The van der Waals surface area contributed by atoms with Crippen LogP contribution >= 0.6 is 0 Å². The van der Waals surface area contributed by atoms with E-state index in [0.29, 0.717) is 12.5 Å². The van der Waals surface area contributed by atoms with E-state index in [0.717, 1.165) is 38.9 Å². The number of rotatable bonds is 5. The Morgan fingerprint density at radius 1 is 0.923 bits per heavy atom. The van der Waals surface area contributed by atoms with Crippen molar-refractivity contribution in [2.75, 3.05) is 14.2 Å². The van der Waals surface area contributed by atoms with E-state index in [1.54, 1.807) is 14.2 Å². The fourth-order valence-electron chi connectivity index (χ4n) is 3.06. The third-order valence-electron chi connectivity index (χ3n) is 4.27. The molecule has 6 nitrogen and oxygen atoms in total. The molecule has 6 heteroatoms. The van der Waals surface area contributed by atoms with E-state index in [2.05, 4.69) is 20.2 Å². The molecule has 0 saturated heterocycles. The number of imidazole rings is 1. The molecule has 1 heterocycles. The molecular formula is C20H18N4O2. The van der Waals surface area contributed by atoms with Crippen LogP contribution < -0.4 is 9.47 Å². The van der Waals surface area contributed by atoms with Gasteiger partial charge in [-0.15, -0.1) is 5.11 Å². The van der Waals surface area contributed by atoms with Crippen LogP contribution in [0.15, 0.2) is 64.8 Å². The van der Waals surface area contributed by atoms with Crippen LogP contribution in [0.5, 0.6) is 11.5 Å². The molecule has 0 radical (unpaired) electrons. The van der Waals surface area contributed by atoms with Gasteiger partial charge in [0.1, 0.15) is 11.5 Å². The first-order valence-electron chi connectivity index (χ1n) is 8.25. The molecule has 0 aliphatic carbocycles. The van der Waals surface area contributed by atoms with E-state index in [9.17, 15) is 0 Å². The Balaban J connectivity index is 1.68. The van der Waals surface area contributed by atoms with E-state index in [1.165, 1.54) is 0 Å². The summed E-state index contributed by atoms with van der Waals surface area (Å²) in [7, 11) is 3.32. The third kappa shape index (κ3) is 2.86. The molecule has 0 aliphatic heterocycles. The number of para-hydroxylation sites is 2. The van der Waals surface area contributed by atoms with E-state index in [-0.39, 0.29) is 0 Å². The summed E-state index contributed by atoms with van der Waals surface area (Å²) in [4.78, 5) is 7.55. The van der Waals surface area contributed by atoms with Gasteiger partial charge in [0.05, 0.1) is 31.8 Å². The molecule has 0 spiro atoms. The van der Waals surface area contributed by atoms with Crippen molar-refractivity contribution >= 4 is 27.8 Å². The summed E-state index contributed by atoms with van der Waals surface area (Å²) in [5.41, 5.74) is 2.83. The van der Waals surface area contributed by atoms with Crippen molar-refractivity contribution in [3.63, 3.8) is 0 Å². The fraction of sp³-hybridized carbons (Fsp3) is 0.150. The zero-order chi connectivity index (χ0) is 17.9. The van der Waals surface area contributed by atoms with Gasteiger partial charge in [-0.25, -0.2) is 4.98 Å². The summed E-state index contributed by atoms with van der Waals surface area (Å²) in [6.45, 7) is 0.415. The van der Waals surface area contributed by atoms with Crippen LogP contribution in [0, 0.1) is 0 Å². The summed E-state index contributed by atoms with van der Waals surface area (Å²) in [6, 6.07) is 17.6. The van der Waals surface area contributed by atoms with Crippen molar-refractivity contribution < 1.29 is 9.47 Å². The number of nitrogens with one attached hydrogen (secondary N) is 1. The monoisotopic (exact) mass is 346 g/mol. The predicted molar refractivity (Wildman–Crippen MR) is 101 cm³/mol. The minimum atomic E-state index is 0.415. The van der Waals surface area contributed by atoms with E-state index >= 15 is 0 Å². The van der Waals surface area contributed by atoms with Gasteiger partial charge in [-0.3, -0.25) is 0 Å². The number of benzene rings is 3. The lowest BCUT2D eigenvalue weighted by molar-refractivity contribution is 0.415. The highest BCUT2D eigenvalue weighted by Gasteiger charge is 2.11. The third-order valence-corrected chi connectivity index (χ3v) is 4.27. The number of nitrogens with zero attached hydrogens (tertiary/aromatic N) is 3. The zero-order valence-electron chi connectivity index (χ0n) is 14.6. The average molecular weight is 346 g/mol. The van der Waals surface area contributed by atoms with Gasteiger partial charge in [0, 0.05) is 10.8 Å². The first kappa shape index (κ1) is 16.1. The average Bonchev–Trinajstić information content (AvgIpc) is 3.10. The van der Waals surface area contributed by atoms with Gasteiger partial charge in [0.15, 0.2) is 0 Å². The topological polar surface area (TPSA) is 71.9 Å². The van der Waals surface area contributed by atoms with Crippen molar-refractivity contribution in [3.05, 3.63) is 60.2 Å². The summed E-state index contributed by atoms with van der Waals surface area (Å²) < 4.78 is 11.0.